The van der Waals surface area contributed by atoms with Crippen LogP contribution in [0.2, 0.25) is 0 Å². The second kappa shape index (κ2) is 8.97. The van der Waals surface area contributed by atoms with Gasteiger partial charge < -0.3 is 15.2 Å². The number of para-hydroxylation sites is 1. The molecule has 0 bridgehead atoms. The van der Waals surface area contributed by atoms with Crippen LogP contribution in [0.1, 0.15) is 30.0 Å². The van der Waals surface area contributed by atoms with Crippen molar-refractivity contribution in [3.05, 3.63) is 71.4 Å². The van der Waals surface area contributed by atoms with Gasteiger partial charge in [0.1, 0.15) is 11.6 Å². The summed E-state index contributed by atoms with van der Waals surface area (Å²) < 4.78 is 28.2. The molecule has 1 unspecified atom stereocenters. The summed E-state index contributed by atoms with van der Waals surface area (Å²) in [5.74, 6) is -1.33. The molecule has 0 aliphatic rings. The predicted molar refractivity (Wildman–Crippen MR) is 107 cm³/mol. The summed E-state index contributed by atoms with van der Waals surface area (Å²) in [5.41, 5.74) is 2.25. The third-order valence-corrected chi connectivity index (χ3v) is 4.97. The molecule has 0 aliphatic carbocycles. The number of carbonyl (C=O) groups is 1. The highest BCUT2D eigenvalue weighted by Crippen LogP contribution is 2.24. The van der Waals surface area contributed by atoms with Crippen LogP contribution in [-0.2, 0) is 11.2 Å². The number of aryl methyl sites for hydroxylation is 1. The van der Waals surface area contributed by atoms with E-state index in [9.17, 15) is 13.6 Å². The maximum atomic E-state index is 14.1. The van der Waals surface area contributed by atoms with Crippen LogP contribution in [-0.4, -0.2) is 36.4 Å². The van der Waals surface area contributed by atoms with Crippen LogP contribution in [0.5, 0.6) is 0 Å². The maximum Gasteiger partial charge on any atom is 0.220 e. The van der Waals surface area contributed by atoms with Crippen LogP contribution in [0.15, 0.2) is 48.7 Å². The molecular weight excluding hydrogens is 360 g/mol. The molecule has 0 spiro atoms. The Hall–Kier alpha value is -2.73. The first-order valence-electron chi connectivity index (χ1n) is 9.39. The van der Waals surface area contributed by atoms with Crippen LogP contribution in [0.4, 0.5) is 8.78 Å². The first-order chi connectivity index (χ1) is 13.5. The van der Waals surface area contributed by atoms with E-state index in [0.29, 0.717) is 12.8 Å². The van der Waals surface area contributed by atoms with Crippen LogP contribution in [0.3, 0.4) is 0 Å². The number of hydrogen-bond donors (Lipinski definition) is 2. The average Bonchev–Trinajstić information content (AvgIpc) is 3.07. The summed E-state index contributed by atoms with van der Waals surface area (Å²) in [6, 6.07) is 11.3. The summed E-state index contributed by atoms with van der Waals surface area (Å²) in [5, 5.41) is 3.98. The Labute approximate surface area is 163 Å². The second-order valence-corrected chi connectivity index (χ2v) is 7.13. The zero-order chi connectivity index (χ0) is 20.1. The topological polar surface area (TPSA) is 48.1 Å². The Morgan fingerprint density at radius 3 is 2.54 bits per heavy atom. The summed E-state index contributed by atoms with van der Waals surface area (Å²) in [7, 11) is 3.47. The van der Waals surface area contributed by atoms with Crippen LogP contribution in [0, 0.1) is 11.6 Å². The van der Waals surface area contributed by atoms with E-state index in [1.165, 1.54) is 29.1 Å². The highest BCUT2D eigenvalue weighted by Gasteiger charge is 2.22. The Balaban J connectivity index is 1.54. The van der Waals surface area contributed by atoms with Crippen molar-refractivity contribution in [1.82, 2.24) is 15.2 Å². The number of aromatic nitrogens is 1. The van der Waals surface area contributed by atoms with Gasteiger partial charge in [-0.15, -0.1) is 0 Å². The molecule has 0 radical (unpaired) electrons. The summed E-state index contributed by atoms with van der Waals surface area (Å²) in [6.07, 6.45) is 3.83. The van der Waals surface area contributed by atoms with Crippen molar-refractivity contribution in [3.63, 3.8) is 0 Å². The third kappa shape index (κ3) is 4.57. The van der Waals surface area contributed by atoms with Crippen LogP contribution < -0.4 is 5.32 Å². The molecule has 1 aromatic heterocycles. The van der Waals surface area contributed by atoms with Gasteiger partial charge in [-0.25, -0.2) is 8.78 Å². The lowest BCUT2D eigenvalue weighted by Gasteiger charge is -2.25. The molecule has 2 N–H and O–H groups in total. The van der Waals surface area contributed by atoms with E-state index in [-0.39, 0.29) is 18.0 Å². The van der Waals surface area contributed by atoms with Crippen LogP contribution >= 0.6 is 0 Å². The summed E-state index contributed by atoms with van der Waals surface area (Å²) in [6.45, 7) is 0.150. The molecule has 4 nitrogen and oxygen atoms in total. The lowest BCUT2D eigenvalue weighted by Crippen LogP contribution is -2.35. The molecule has 1 amide bonds. The first-order valence-corrected chi connectivity index (χ1v) is 9.39. The highest BCUT2D eigenvalue weighted by atomic mass is 19.1. The number of fused-ring (bicyclic) bond motifs is 1. The standard InChI is InChI=1S/C22H25F2N3O/c1-27(2)20(22-17(23)9-6-10-18(22)24)14-26-21(28)12-5-7-15-13-25-19-11-4-3-8-16(15)19/h3-4,6,8-11,13,20,25H,5,7,12,14H2,1-2H3,(H,26,28). The first kappa shape index (κ1) is 20.0. The number of amides is 1. The van der Waals surface area contributed by atoms with Crippen molar-refractivity contribution >= 4 is 16.8 Å². The fraction of sp³-hybridized carbons (Fsp3) is 0.318. The predicted octanol–water partition coefficient (Wildman–Crippen LogP) is 4.19. The number of H-pyrrole nitrogens is 1. The molecule has 0 saturated heterocycles. The van der Waals surface area contributed by atoms with Crippen molar-refractivity contribution in [2.45, 2.75) is 25.3 Å². The van der Waals surface area contributed by atoms with Crippen molar-refractivity contribution in [2.24, 2.45) is 0 Å². The van der Waals surface area contributed by atoms with Crippen molar-refractivity contribution in [3.8, 4) is 0 Å². The van der Waals surface area contributed by atoms with Crippen molar-refractivity contribution in [2.75, 3.05) is 20.6 Å². The maximum absolute atomic E-state index is 14.1. The quantitative estimate of drug-likeness (QED) is 0.611. The number of aromatic amines is 1. The van der Waals surface area contributed by atoms with E-state index in [2.05, 4.69) is 16.4 Å². The molecule has 1 atom stereocenters. The van der Waals surface area contributed by atoms with E-state index in [0.717, 1.165) is 11.9 Å². The van der Waals surface area contributed by atoms with E-state index in [4.69, 9.17) is 0 Å². The van der Waals surface area contributed by atoms with Gasteiger partial charge in [0, 0.05) is 35.6 Å². The number of carbonyl (C=O) groups excluding carboxylic acids is 1. The SMILES string of the molecule is CN(C)C(CNC(=O)CCCc1c[nH]c2ccccc12)c1c(F)cccc1F. The summed E-state index contributed by atoms with van der Waals surface area (Å²) >= 11 is 0. The minimum Gasteiger partial charge on any atom is -0.361 e. The Kier molecular flexibility index (Phi) is 6.41. The number of nitrogens with zero attached hydrogens (tertiary/aromatic N) is 1. The minimum absolute atomic E-state index is 0.0217. The number of benzene rings is 2. The molecule has 0 fully saturated rings. The van der Waals surface area contributed by atoms with E-state index >= 15 is 0 Å². The van der Waals surface area contributed by atoms with Gasteiger partial charge in [-0.1, -0.05) is 24.3 Å². The molecule has 148 valence electrons. The third-order valence-electron chi connectivity index (χ3n) is 4.97. The van der Waals surface area contributed by atoms with Gasteiger partial charge in [-0.2, -0.15) is 0 Å². The fourth-order valence-corrected chi connectivity index (χ4v) is 3.45. The zero-order valence-electron chi connectivity index (χ0n) is 16.1. The van der Waals surface area contributed by atoms with Gasteiger partial charge in [-0.05, 0) is 50.7 Å². The normalized spacial score (nSPS) is 12.5. The van der Waals surface area contributed by atoms with Crippen LogP contribution in [0.25, 0.3) is 10.9 Å². The lowest BCUT2D eigenvalue weighted by atomic mass is 10.0. The zero-order valence-corrected chi connectivity index (χ0v) is 16.1. The molecule has 6 heteroatoms. The Morgan fingerprint density at radius 2 is 1.82 bits per heavy atom. The number of nitrogens with one attached hydrogen (secondary N) is 2. The van der Waals surface area contributed by atoms with Gasteiger partial charge in [0.2, 0.25) is 5.91 Å². The second-order valence-electron chi connectivity index (χ2n) is 7.13. The molecule has 0 aliphatic heterocycles. The van der Waals surface area contributed by atoms with E-state index in [1.807, 2.05) is 24.4 Å². The van der Waals surface area contributed by atoms with Gasteiger partial charge in [0.15, 0.2) is 0 Å². The van der Waals surface area contributed by atoms with Gasteiger partial charge in [0.25, 0.3) is 0 Å². The lowest BCUT2D eigenvalue weighted by molar-refractivity contribution is -0.121. The Bertz CT molecular complexity index is 932. The number of likely N-dealkylation sites (N-methyl/N-ethyl adjacent to an activating group) is 1. The van der Waals surface area contributed by atoms with E-state index < -0.39 is 17.7 Å². The van der Waals surface area contributed by atoms with E-state index in [1.54, 1.807) is 19.0 Å². The van der Waals surface area contributed by atoms with Gasteiger partial charge in [-0.3, -0.25) is 4.79 Å². The molecule has 2 aromatic carbocycles. The monoisotopic (exact) mass is 385 g/mol. The Morgan fingerprint density at radius 1 is 1.11 bits per heavy atom. The molecule has 28 heavy (non-hydrogen) atoms. The molecular formula is C22H25F2N3O. The molecule has 0 saturated carbocycles. The minimum atomic E-state index is -0.604. The van der Waals surface area contributed by atoms with Gasteiger partial charge in [0.05, 0.1) is 6.04 Å². The highest BCUT2D eigenvalue weighted by molar-refractivity contribution is 5.83. The van der Waals surface area contributed by atoms with Crippen molar-refractivity contribution < 1.29 is 13.6 Å². The summed E-state index contributed by atoms with van der Waals surface area (Å²) in [4.78, 5) is 17.2. The number of halogens is 2. The molecule has 3 rings (SSSR count). The van der Waals surface area contributed by atoms with Crippen molar-refractivity contribution in [1.29, 1.82) is 0 Å². The van der Waals surface area contributed by atoms with Gasteiger partial charge >= 0.3 is 0 Å². The smallest absolute Gasteiger partial charge is 0.220 e. The largest absolute Gasteiger partial charge is 0.361 e. The molecule has 3 aromatic rings. The fourth-order valence-electron chi connectivity index (χ4n) is 3.45. The average molecular weight is 385 g/mol. The number of hydrogen-bond acceptors (Lipinski definition) is 2. The molecule has 1 heterocycles. The number of rotatable bonds is 8.